The Hall–Kier alpha value is -2.50. The first-order chi connectivity index (χ1) is 11.5. The highest BCUT2D eigenvalue weighted by Gasteiger charge is 2.33. The van der Waals surface area contributed by atoms with Crippen molar-refractivity contribution < 1.29 is 24.2 Å². The van der Waals surface area contributed by atoms with Crippen molar-refractivity contribution in [2.24, 2.45) is 11.8 Å². The molecule has 0 fully saturated rings. The van der Waals surface area contributed by atoms with Crippen molar-refractivity contribution in [2.45, 2.75) is 33.2 Å². The second-order valence-corrected chi connectivity index (χ2v) is 6.41. The smallest absolute Gasteiger partial charge is 0.231 e. The van der Waals surface area contributed by atoms with Crippen LogP contribution >= 0.6 is 0 Å². The second-order valence-electron chi connectivity index (χ2n) is 6.41. The number of ether oxygens (including phenoxy) is 2. The van der Waals surface area contributed by atoms with Crippen LogP contribution in [0.4, 0.5) is 0 Å². The fraction of sp³-hybridized carbons (Fsp3) is 0.444. The van der Waals surface area contributed by atoms with Crippen LogP contribution in [-0.2, 0) is 16.1 Å². The number of rotatable bonds is 4. The van der Waals surface area contributed by atoms with Crippen molar-refractivity contribution in [3.8, 4) is 11.5 Å². The van der Waals surface area contributed by atoms with Crippen molar-refractivity contribution in [1.29, 1.82) is 0 Å². The van der Waals surface area contributed by atoms with E-state index in [2.05, 4.69) is 5.32 Å². The van der Waals surface area contributed by atoms with Crippen LogP contribution in [0.2, 0.25) is 0 Å². The minimum atomic E-state index is -1.16. The lowest BCUT2D eigenvalue weighted by atomic mass is 9.76. The molecule has 1 N–H and O–H groups in total. The molecule has 6 nitrogen and oxygen atoms in total. The summed E-state index contributed by atoms with van der Waals surface area (Å²) in [4.78, 5) is 23.9. The molecule has 0 spiro atoms. The molecule has 0 radical (unpaired) electrons. The van der Waals surface area contributed by atoms with Gasteiger partial charge in [-0.05, 0) is 44.4 Å². The Morgan fingerprint density at radius 3 is 2.50 bits per heavy atom. The number of carbonyl (C=O) groups excluding carboxylic acids is 2. The first-order valence-electron chi connectivity index (χ1n) is 7.98. The van der Waals surface area contributed by atoms with Crippen LogP contribution in [0.15, 0.2) is 29.3 Å². The van der Waals surface area contributed by atoms with Crippen molar-refractivity contribution in [3.05, 3.63) is 34.9 Å². The maximum absolute atomic E-state index is 12.5. The number of carbonyl (C=O) groups is 2. The van der Waals surface area contributed by atoms with Crippen molar-refractivity contribution in [1.82, 2.24) is 5.32 Å². The van der Waals surface area contributed by atoms with Crippen LogP contribution in [0, 0.1) is 11.8 Å². The normalized spacial score (nSPS) is 22.4. The molecule has 0 unspecified atom stereocenters. The molecular formula is C18H20NO5-. The zero-order valence-electron chi connectivity index (χ0n) is 13.8. The monoisotopic (exact) mass is 330 g/mol. The molecule has 2 aliphatic rings. The molecule has 0 aromatic heterocycles. The van der Waals surface area contributed by atoms with E-state index >= 15 is 0 Å². The molecule has 0 saturated carbocycles. The van der Waals surface area contributed by atoms with Crippen LogP contribution in [0.3, 0.4) is 0 Å². The van der Waals surface area contributed by atoms with Gasteiger partial charge in [0.2, 0.25) is 12.7 Å². The van der Waals surface area contributed by atoms with Gasteiger partial charge in [0.1, 0.15) is 0 Å². The quantitative estimate of drug-likeness (QED) is 0.837. The van der Waals surface area contributed by atoms with Crippen LogP contribution in [-0.4, -0.2) is 18.7 Å². The van der Waals surface area contributed by atoms with Gasteiger partial charge in [-0.2, -0.15) is 0 Å². The number of fused-ring (bicyclic) bond motifs is 1. The van der Waals surface area contributed by atoms with E-state index in [0.717, 1.165) is 16.7 Å². The van der Waals surface area contributed by atoms with Gasteiger partial charge in [0.15, 0.2) is 11.5 Å². The first kappa shape index (κ1) is 16.4. The van der Waals surface area contributed by atoms with Crippen molar-refractivity contribution in [2.75, 3.05) is 6.79 Å². The molecule has 1 aromatic rings. The standard InChI is InChI=1S/C18H21NO5/c1-10-5-13(14(18(21)22)6-11(10)2)17(20)19-8-12-3-4-15-16(7-12)24-9-23-15/h3-4,7,13-14H,5-6,8-9H2,1-2H3,(H,19,20)(H,21,22)/p-1/t13-,14+/m1/s1. The molecule has 6 heteroatoms. The minimum absolute atomic E-state index is 0.200. The number of nitrogens with one attached hydrogen (secondary N) is 1. The summed E-state index contributed by atoms with van der Waals surface area (Å²) in [6, 6.07) is 5.46. The number of hydrogen-bond donors (Lipinski definition) is 1. The largest absolute Gasteiger partial charge is 0.550 e. The maximum atomic E-state index is 12.5. The third kappa shape index (κ3) is 3.22. The zero-order chi connectivity index (χ0) is 17.3. The summed E-state index contributed by atoms with van der Waals surface area (Å²) in [6.07, 6.45) is 0.827. The number of allylic oxidation sites excluding steroid dienone is 2. The van der Waals surface area contributed by atoms with Gasteiger partial charge in [-0.3, -0.25) is 4.79 Å². The van der Waals surface area contributed by atoms with E-state index in [1.807, 2.05) is 26.0 Å². The second kappa shape index (κ2) is 6.55. The summed E-state index contributed by atoms with van der Waals surface area (Å²) in [6.45, 7) is 4.37. The lowest BCUT2D eigenvalue weighted by Crippen LogP contribution is -2.44. The summed E-state index contributed by atoms with van der Waals surface area (Å²) in [5.41, 5.74) is 2.98. The SMILES string of the molecule is CC1=C(C)C[C@@H](C(=O)NCc2ccc3c(c2)OCO3)[C@@H](C(=O)[O-])C1. The summed E-state index contributed by atoms with van der Waals surface area (Å²) in [5, 5.41) is 14.2. The molecule has 1 aliphatic heterocycles. The van der Waals surface area contributed by atoms with Crippen LogP contribution in [0.5, 0.6) is 11.5 Å². The summed E-state index contributed by atoms with van der Waals surface area (Å²) in [5.74, 6) is -1.44. The molecule has 128 valence electrons. The molecule has 1 amide bonds. The van der Waals surface area contributed by atoms with Gasteiger partial charge in [-0.1, -0.05) is 17.2 Å². The molecule has 2 atom stereocenters. The average molecular weight is 330 g/mol. The molecule has 24 heavy (non-hydrogen) atoms. The fourth-order valence-electron chi connectivity index (χ4n) is 3.19. The lowest BCUT2D eigenvalue weighted by molar-refractivity contribution is -0.313. The summed E-state index contributed by atoms with van der Waals surface area (Å²) in [7, 11) is 0. The molecule has 0 saturated heterocycles. The molecule has 3 rings (SSSR count). The molecule has 1 aromatic carbocycles. The molecule has 0 bridgehead atoms. The minimum Gasteiger partial charge on any atom is -0.550 e. The van der Waals surface area contributed by atoms with E-state index in [-0.39, 0.29) is 12.7 Å². The summed E-state index contributed by atoms with van der Waals surface area (Å²) < 4.78 is 10.6. The first-order valence-corrected chi connectivity index (χ1v) is 7.98. The number of amides is 1. The van der Waals surface area contributed by atoms with Crippen molar-refractivity contribution >= 4 is 11.9 Å². The Balaban J connectivity index is 1.66. The highest BCUT2D eigenvalue weighted by atomic mass is 16.7. The predicted octanol–water partition coefficient (Wildman–Crippen LogP) is 1.14. The van der Waals surface area contributed by atoms with E-state index in [1.54, 1.807) is 6.07 Å². The maximum Gasteiger partial charge on any atom is 0.231 e. The average Bonchev–Trinajstić information content (AvgIpc) is 3.02. The zero-order valence-corrected chi connectivity index (χ0v) is 13.8. The number of hydrogen-bond acceptors (Lipinski definition) is 5. The van der Waals surface area contributed by atoms with Gasteiger partial charge >= 0.3 is 0 Å². The van der Waals surface area contributed by atoms with E-state index in [0.29, 0.717) is 30.9 Å². The number of benzene rings is 1. The van der Waals surface area contributed by atoms with Gasteiger partial charge in [-0.15, -0.1) is 0 Å². The van der Waals surface area contributed by atoms with E-state index in [4.69, 9.17) is 9.47 Å². The lowest BCUT2D eigenvalue weighted by Gasteiger charge is -2.32. The Bertz CT molecular complexity index is 709. The van der Waals surface area contributed by atoms with Crippen LogP contribution in [0.25, 0.3) is 0 Å². The van der Waals surface area contributed by atoms with Gasteiger partial charge in [0.05, 0.1) is 0 Å². The number of aliphatic carboxylic acids is 1. The molecule has 1 heterocycles. The topological polar surface area (TPSA) is 87.7 Å². The van der Waals surface area contributed by atoms with Crippen LogP contribution < -0.4 is 19.9 Å². The van der Waals surface area contributed by atoms with Gasteiger partial charge < -0.3 is 24.7 Å². The Morgan fingerprint density at radius 1 is 1.12 bits per heavy atom. The molecular weight excluding hydrogens is 310 g/mol. The Labute approximate surface area is 140 Å². The molecule has 1 aliphatic carbocycles. The van der Waals surface area contributed by atoms with Crippen molar-refractivity contribution in [3.63, 3.8) is 0 Å². The Kier molecular flexibility index (Phi) is 4.46. The summed E-state index contributed by atoms with van der Waals surface area (Å²) >= 11 is 0. The van der Waals surface area contributed by atoms with E-state index in [9.17, 15) is 14.7 Å². The number of carboxylic acid groups (broad SMARTS) is 1. The predicted molar refractivity (Wildman–Crippen MR) is 84.0 cm³/mol. The third-order valence-corrected chi connectivity index (χ3v) is 4.81. The van der Waals surface area contributed by atoms with E-state index < -0.39 is 17.8 Å². The highest BCUT2D eigenvalue weighted by molar-refractivity contribution is 5.85. The Morgan fingerprint density at radius 2 is 1.79 bits per heavy atom. The van der Waals surface area contributed by atoms with E-state index in [1.165, 1.54) is 0 Å². The van der Waals surface area contributed by atoms with Gasteiger partial charge in [0.25, 0.3) is 0 Å². The number of carboxylic acids is 1. The van der Waals surface area contributed by atoms with Gasteiger partial charge in [0, 0.05) is 24.3 Å². The third-order valence-electron chi connectivity index (χ3n) is 4.81. The fourth-order valence-corrected chi connectivity index (χ4v) is 3.19. The highest BCUT2D eigenvalue weighted by Crippen LogP contribution is 2.34. The van der Waals surface area contributed by atoms with Gasteiger partial charge in [-0.25, -0.2) is 0 Å². The van der Waals surface area contributed by atoms with Crippen LogP contribution in [0.1, 0.15) is 32.3 Å².